The topological polar surface area (TPSA) is 58.4 Å². The molecule has 4 nitrogen and oxygen atoms in total. The summed E-state index contributed by atoms with van der Waals surface area (Å²) < 4.78 is 0. The Hall–Kier alpha value is -1.55. The smallest absolute Gasteiger partial charge is 0.226 e. The molecular weight excluding hydrogens is 226 g/mol. The first-order valence-electron chi connectivity index (χ1n) is 6.51. The third kappa shape index (κ3) is 2.48. The molecule has 4 heteroatoms. The predicted octanol–water partition coefficient (Wildman–Crippen LogP) is 1.92. The van der Waals surface area contributed by atoms with Crippen molar-refractivity contribution in [3.8, 4) is 0 Å². The molecule has 1 amide bonds. The fourth-order valence-corrected chi connectivity index (χ4v) is 2.42. The second kappa shape index (κ2) is 5.40. The third-order valence-electron chi connectivity index (χ3n) is 3.29. The van der Waals surface area contributed by atoms with E-state index < -0.39 is 0 Å². The number of hydrogen-bond donors (Lipinski definition) is 2. The lowest BCUT2D eigenvalue weighted by molar-refractivity contribution is -0.115. The lowest BCUT2D eigenvalue weighted by Gasteiger charge is -2.27. The molecule has 0 saturated heterocycles. The maximum atomic E-state index is 11.7. The number of amides is 1. The molecule has 0 bridgehead atoms. The van der Waals surface area contributed by atoms with Gasteiger partial charge in [-0.25, -0.2) is 0 Å². The minimum absolute atomic E-state index is 0.0803. The number of carbonyl (C=O) groups is 1. The number of carbonyl (C=O) groups excluding carboxylic acids is 1. The van der Waals surface area contributed by atoms with E-state index in [1.807, 2.05) is 12.1 Å². The number of hydrogen-bond acceptors (Lipinski definition) is 3. The van der Waals surface area contributed by atoms with Crippen molar-refractivity contribution in [3.05, 3.63) is 23.8 Å². The van der Waals surface area contributed by atoms with E-state index in [1.54, 1.807) is 0 Å². The summed E-state index contributed by atoms with van der Waals surface area (Å²) in [5.74, 6) is 0.506. The molecule has 0 atom stereocenters. The maximum absolute atomic E-state index is 11.7. The molecule has 0 spiro atoms. The van der Waals surface area contributed by atoms with Crippen LogP contribution in [-0.4, -0.2) is 25.5 Å². The van der Waals surface area contributed by atoms with Crippen LogP contribution < -0.4 is 16.0 Å². The Morgan fingerprint density at radius 1 is 1.44 bits per heavy atom. The summed E-state index contributed by atoms with van der Waals surface area (Å²) >= 11 is 0. The van der Waals surface area contributed by atoms with Crippen LogP contribution in [0.15, 0.2) is 18.2 Å². The van der Waals surface area contributed by atoms with Crippen LogP contribution in [0.4, 0.5) is 11.4 Å². The van der Waals surface area contributed by atoms with Gasteiger partial charge in [-0.15, -0.1) is 0 Å². The van der Waals surface area contributed by atoms with Crippen molar-refractivity contribution < 1.29 is 4.79 Å². The van der Waals surface area contributed by atoms with Gasteiger partial charge >= 0.3 is 0 Å². The standard InChI is InChI=1S/C14H21N3O/c1-10(2)11-4-3-5-12-14(11)17(9-7-15)8-6-13(18)16-12/h3-5,10H,6-9,15H2,1-2H3,(H,16,18). The van der Waals surface area contributed by atoms with E-state index in [4.69, 9.17) is 5.73 Å². The highest BCUT2D eigenvalue weighted by Gasteiger charge is 2.22. The second-order valence-corrected chi connectivity index (χ2v) is 4.97. The number of rotatable bonds is 3. The number of anilines is 2. The summed E-state index contributed by atoms with van der Waals surface area (Å²) in [5.41, 5.74) is 9.00. The Balaban J connectivity index is 2.50. The Kier molecular flexibility index (Phi) is 3.87. The number of nitrogens with one attached hydrogen (secondary N) is 1. The van der Waals surface area contributed by atoms with Gasteiger partial charge in [0.1, 0.15) is 0 Å². The van der Waals surface area contributed by atoms with Crippen molar-refractivity contribution in [1.82, 2.24) is 0 Å². The Bertz CT molecular complexity index is 443. The third-order valence-corrected chi connectivity index (χ3v) is 3.29. The van der Waals surface area contributed by atoms with Crippen LogP contribution in [0.25, 0.3) is 0 Å². The van der Waals surface area contributed by atoms with Crippen LogP contribution in [0.1, 0.15) is 31.7 Å². The van der Waals surface area contributed by atoms with Gasteiger partial charge in [-0.05, 0) is 17.5 Å². The van der Waals surface area contributed by atoms with Crippen LogP contribution in [0.5, 0.6) is 0 Å². The Labute approximate surface area is 108 Å². The van der Waals surface area contributed by atoms with E-state index in [1.165, 1.54) is 5.56 Å². The van der Waals surface area contributed by atoms with E-state index in [-0.39, 0.29) is 5.91 Å². The first kappa shape index (κ1) is 12.9. The molecular formula is C14H21N3O. The van der Waals surface area contributed by atoms with Gasteiger partial charge in [0, 0.05) is 26.1 Å². The van der Waals surface area contributed by atoms with Gasteiger partial charge in [-0.2, -0.15) is 0 Å². The molecule has 1 heterocycles. The summed E-state index contributed by atoms with van der Waals surface area (Å²) in [4.78, 5) is 13.9. The highest BCUT2D eigenvalue weighted by Crippen LogP contribution is 2.36. The minimum Gasteiger partial charge on any atom is -0.368 e. The van der Waals surface area contributed by atoms with Gasteiger partial charge in [-0.3, -0.25) is 4.79 Å². The minimum atomic E-state index is 0.0803. The monoisotopic (exact) mass is 247 g/mol. The average molecular weight is 247 g/mol. The average Bonchev–Trinajstić information content (AvgIpc) is 2.49. The molecule has 0 aromatic heterocycles. The van der Waals surface area contributed by atoms with Crippen molar-refractivity contribution in [2.45, 2.75) is 26.2 Å². The molecule has 1 aromatic carbocycles. The van der Waals surface area contributed by atoms with Crippen molar-refractivity contribution in [1.29, 1.82) is 0 Å². The van der Waals surface area contributed by atoms with E-state index in [0.717, 1.165) is 24.5 Å². The van der Waals surface area contributed by atoms with Gasteiger partial charge in [0.2, 0.25) is 5.91 Å². The van der Waals surface area contributed by atoms with Crippen LogP contribution in [0.2, 0.25) is 0 Å². The van der Waals surface area contributed by atoms with Crippen molar-refractivity contribution in [2.75, 3.05) is 29.9 Å². The highest BCUT2D eigenvalue weighted by molar-refractivity contribution is 5.97. The SMILES string of the molecule is CC(C)c1cccc2c1N(CCN)CCC(=O)N2. The summed E-state index contributed by atoms with van der Waals surface area (Å²) in [6.45, 7) is 6.46. The second-order valence-electron chi connectivity index (χ2n) is 4.97. The van der Waals surface area contributed by atoms with Crippen LogP contribution in [-0.2, 0) is 4.79 Å². The summed E-state index contributed by atoms with van der Waals surface area (Å²) in [7, 11) is 0. The molecule has 0 fully saturated rings. The predicted molar refractivity (Wildman–Crippen MR) is 75.0 cm³/mol. The lowest BCUT2D eigenvalue weighted by Crippen LogP contribution is -2.31. The van der Waals surface area contributed by atoms with Crippen molar-refractivity contribution >= 4 is 17.3 Å². The molecule has 0 aliphatic carbocycles. The molecule has 1 aliphatic rings. The van der Waals surface area contributed by atoms with Gasteiger partial charge < -0.3 is 16.0 Å². The number of benzene rings is 1. The van der Waals surface area contributed by atoms with Gasteiger partial charge in [0.05, 0.1) is 11.4 Å². The Morgan fingerprint density at radius 3 is 2.89 bits per heavy atom. The van der Waals surface area contributed by atoms with Crippen molar-refractivity contribution in [3.63, 3.8) is 0 Å². The van der Waals surface area contributed by atoms with E-state index in [9.17, 15) is 4.79 Å². The van der Waals surface area contributed by atoms with Crippen LogP contribution >= 0.6 is 0 Å². The van der Waals surface area contributed by atoms with E-state index >= 15 is 0 Å². The Morgan fingerprint density at radius 2 is 2.22 bits per heavy atom. The van der Waals surface area contributed by atoms with Crippen molar-refractivity contribution in [2.24, 2.45) is 5.73 Å². The summed E-state index contributed by atoms with van der Waals surface area (Å²) in [6.07, 6.45) is 0.520. The molecule has 98 valence electrons. The van der Waals surface area contributed by atoms with Gasteiger partial charge in [0.25, 0.3) is 0 Å². The summed E-state index contributed by atoms with van der Waals surface area (Å²) in [5, 5.41) is 2.98. The molecule has 18 heavy (non-hydrogen) atoms. The molecule has 1 aliphatic heterocycles. The molecule has 0 unspecified atom stereocenters. The van der Waals surface area contributed by atoms with E-state index in [0.29, 0.717) is 18.9 Å². The lowest BCUT2D eigenvalue weighted by atomic mass is 9.99. The zero-order valence-corrected chi connectivity index (χ0v) is 11.1. The number of para-hydroxylation sites is 1. The van der Waals surface area contributed by atoms with E-state index in [2.05, 4.69) is 30.1 Å². The number of fused-ring (bicyclic) bond motifs is 1. The van der Waals surface area contributed by atoms with Crippen LogP contribution in [0, 0.1) is 0 Å². The number of nitrogens with two attached hydrogens (primary N) is 1. The highest BCUT2D eigenvalue weighted by atomic mass is 16.1. The zero-order chi connectivity index (χ0) is 13.1. The first-order chi connectivity index (χ1) is 8.63. The largest absolute Gasteiger partial charge is 0.368 e. The first-order valence-corrected chi connectivity index (χ1v) is 6.51. The van der Waals surface area contributed by atoms with Crippen LogP contribution in [0.3, 0.4) is 0 Å². The van der Waals surface area contributed by atoms with Gasteiger partial charge in [0.15, 0.2) is 0 Å². The number of nitrogens with zero attached hydrogens (tertiary/aromatic N) is 1. The fraction of sp³-hybridized carbons (Fsp3) is 0.500. The van der Waals surface area contributed by atoms with Gasteiger partial charge in [-0.1, -0.05) is 26.0 Å². The molecule has 0 saturated carbocycles. The molecule has 0 radical (unpaired) electrons. The zero-order valence-electron chi connectivity index (χ0n) is 11.1. The quantitative estimate of drug-likeness (QED) is 0.858. The maximum Gasteiger partial charge on any atom is 0.226 e. The fourth-order valence-electron chi connectivity index (χ4n) is 2.42. The molecule has 1 aromatic rings. The normalized spacial score (nSPS) is 15.3. The molecule has 3 N–H and O–H groups in total. The summed E-state index contributed by atoms with van der Waals surface area (Å²) in [6, 6.07) is 6.10. The molecule has 2 rings (SSSR count).